The van der Waals surface area contributed by atoms with Crippen LogP contribution in [0.15, 0.2) is 35.7 Å². The predicted octanol–water partition coefficient (Wildman–Crippen LogP) is 2.82. The summed E-state index contributed by atoms with van der Waals surface area (Å²) in [7, 11) is 0. The number of hydrogen-bond donors (Lipinski definition) is 2. The number of amides is 1. The molecule has 1 amide bonds. The number of ether oxygens (including phenoxy) is 1. The molecule has 2 heterocycles. The van der Waals surface area contributed by atoms with Crippen molar-refractivity contribution in [3.63, 3.8) is 0 Å². The molecule has 3 rings (SSSR count). The Morgan fingerprint density at radius 3 is 2.92 bits per heavy atom. The van der Waals surface area contributed by atoms with Crippen LogP contribution >= 0.6 is 11.3 Å². The summed E-state index contributed by atoms with van der Waals surface area (Å²) in [5.41, 5.74) is 3.29. The molecule has 2 aromatic rings. The van der Waals surface area contributed by atoms with Crippen molar-refractivity contribution < 1.29 is 14.4 Å². The van der Waals surface area contributed by atoms with Gasteiger partial charge in [0.1, 0.15) is 19.2 Å². The second-order valence-corrected chi connectivity index (χ2v) is 8.07. The molecular weight excluding hydrogens is 344 g/mol. The summed E-state index contributed by atoms with van der Waals surface area (Å²) < 4.78 is 5.81. The van der Waals surface area contributed by atoms with Crippen molar-refractivity contribution in [2.45, 2.75) is 45.8 Å². The number of rotatable bonds is 8. The lowest BCUT2D eigenvalue weighted by atomic mass is 10.1. The van der Waals surface area contributed by atoms with Crippen molar-refractivity contribution in [2.75, 3.05) is 25.0 Å². The highest BCUT2D eigenvalue weighted by atomic mass is 32.1. The molecule has 0 spiro atoms. The number of benzene rings is 1. The molecule has 0 aliphatic carbocycles. The molecule has 1 aliphatic rings. The van der Waals surface area contributed by atoms with Crippen LogP contribution in [0.4, 0.5) is 5.69 Å². The first-order valence-electron chi connectivity index (χ1n) is 9.51. The minimum atomic E-state index is 0.0820. The quantitative estimate of drug-likeness (QED) is 0.747. The average molecular weight is 374 g/mol. The Balaban J connectivity index is 1.66. The van der Waals surface area contributed by atoms with E-state index in [4.69, 9.17) is 4.74 Å². The third-order valence-electron chi connectivity index (χ3n) is 4.96. The van der Waals surface area contributed by atoms with Crippen LogP contribution in [0.5, 0.6) is 0 Å². The van der Waals surface area contributed by atoms with Gasteiger partial charge in [0.05, 0.1) is 4.88 Å². The second-order valence-electron chi connectivity index (χ2n) is 7.03. The van der Waals surface area contributed by atoms with Crippen LogP contribution in [0, 0.1) is 6.92 Å². The Hall–Kier alpha value is -1.69. The fourth-order valence-corrected chi connectivity index (χ4v) is 4.38. The smallest absolute Gasteiger partial charge is 0.279 e. The summed E-state index contributed by atoms with van der Waals surface area (Å²) in [6, 6.07) is 10.4. The molecule has 1 aliphatic heterocycles. The van der Waals surface area contributed by atoms with Gasteiger partial charge in [-0.05, 0) is 48.8 Å². The monoisotopic (exact) mass is 373 g/mol. The number of para-hydroxylation sites is 1. The number of hydrogen-bond acceptors (Lipinski definition) is 3. The van der Waals surface area contributed by atoms with Crippen LogP contribution in [0.25, 0.3) is 0 Å². The maximum absolute atomic E-state index is 12.8. The van der Waals surface area contributed by atoms with E-state index < -0.39 is 0 Å². The van der Waals surface area contributed by atoms with Gasteiger partial charge >= 0.3 is 0 Å². The lowest BCUT2D eigenvalue weighted by Crippen LogP contribution is -3.12. The van der Waals surface area contributed by atoms with E-state index in [0.717, 1.165) is 50.2 Å². The van der Waals surface area contributed by atoms with Crippen molar-refractivity contribution in [1.29, 1.82) is 0 Å². The summed E-state index contributed by atoms with van der Waals surface area (Å²) in [5.74, 6) is 0.0820. The first kappa shape index (κ1) is 19.1. The fourth-order valence-electron chi connectivity index (χ4n) is 3.61. The van der Waals surface area contributed by atoms with E-state index in [2.05, 4.69) is 54.9 Å². The average Bonchev–Trinajstić information content (AvgIpc) is 3.30. The lowest BCUT2D eigenvalue weighted by molar-refractivity contribution is -0.908. The lowest BCUT2D eigenvalue weighted by Gasteiger charge is -2.22. The summed E-state index contributed by atoms with van der Waals surface area (Å²) >= 11 is 1.76. The minimum Gasteiger partial charge on any atom is -0.372 e. The minimum absolute atomic E-state index is 0.0820. The zero-order valence-electron chi connectivity index (χ0n) is 15.7. The van der Waals surface area contributed by atoms with E-state index in [-0.39, 0.29) is 12.0 Å². The molecule has 2 atom stereocenters. The Kier molecular flexibility index (Phi) is 6.83. The molecule has 1 aromatic carbocycles. The van der Waals surface area contributed by atoms with Gasteiger partial charge in [-0.15, -0.1) is 11.3 Å². The molecule has 0 radical (unpaired) electrons. The number of carbonyl (C=O) groups excluding carboxylic acids is 1. The van der Waals surface area contributed by atoms with Gasteiger partial charge < -0.3 is 15.0 Å². The van der Waals surface area contributed by atoms with Gasteiger partial charge in [-0.1, -0.05) is 31.2 Å². The fraction of sp³-hybridized carbons (Fsp3) is 0.476. The van der Waals surface area contributed by atoms with Gasteiger partial charge in [-0.25, -0.2) is 0 Å². The van der Waals surface area contributed by atoms with Gasteiger partial charge in [-0.2, -0.15) is 0 Å². The van der Waals surface area contributed by atoms with Gasteiger partial charge in [0.25, 0.3) is 5.91 Å². The molecule has 140 valence electrons. The van der Waals surface area contributed by atoms with Crippen molar-refractivity contribution >= 4 is 22.9 Å². The zero-order valence-corrected chi connectivity index (χ0v) is 16.5. The SMILES string of the molecule is CCc1cccc(C)c1NC(=O)C[NH+](Cc1cccs1)C[C@H]1CCCO1. The van der Waals surface area contributed by atoms with Gasteiger partial charge in [0, 0.05) is 12.3 Å². The molecule has 1 aromatic heterocycles. The maximum Gasteiger partial charge on any atom is 0.279 e. The standard InChI is InChI=1S/C21H28N2O2S/c1-3-17-8-4-7-16(2)21(17)22-20(24)15-23(13-18-9-5-11-25-18)14-19-10-6-12-26-19/h4,6-8,10,12,18H,3,5,9,11,13-15H2,1-2H3,(H,22,24)/p+1/t18-/m1/s1. The van der Waals surface area contributed by atoms with E-state index in [1.54, 1.807) is 11.3 Å². The van der Waals surface area contributed by atoms with Crippen LogP contribution in [0.1, 0.15) is 35.8 Å². The van der Waals surface area contributed by atoms with Crippen LogP contribution in [0.3, 0.4) is 0 Å². The van der Waals surface area contributed by atoms with Gasteiger partial charge in [0.2, 0.25) is 0 Å². The van der Waals surface area contributed by atoms with Crippen molar-refractivity contribution in [3.8, 4) is 0 Å². The molecule has 26 heavy (non-hydrogen) atoms. The summed E-state index contributed by atoms with van der Waals surface area (Å²) in [6.07, 6.45) is 3.43. The Labute approximate surface area is 160 Å². The normalized spacial score (nSPS) is 18.0. The molecule has 2 N–H and O–H groups in total. The molecule has 1 saturated heterocycles. The van der Waals surface area contributed by atoms with E-state index in [1.165, 1.54) is 15.3 Å². The number of quaternary nitrogens is 1. The number of anilines is 1. The Morgan fingerprint density at radius 2 is 2.23 bits per heavy atom. The van der Waals surface area contributed by atoms with E-state index in [0.29, 0.717) is 6.54 Å². The van der Waals surface area contributed by atoms with Crippen LogP contribution in [0.2, 0.25) is 0 Å². The maximum atomic E-state index is 12.8. The Bertz CT molecular complexity index is 709. The van der Waals surface area contributed by atoms with Crippen molar-refractivity contribution in [3.05, 3.63) is 51.7 Å². The zero-order chi connectivity index (χ0) is 18.4. The molecule has 0 bridgehead atoms. The third-order valence-corrected chi connectivity index (χ3v) is 5.84. The first-order valence-corrected chi connectivity index (χ1v) is 10.4. The number of carbonyl (C=O) groups is 1. The highest BCUT2D eigenvalue weighted by Crippen LogP contribution is 2.20. The van der Waals surface area contributed by atoms with E-state index in [1.807, 2.05) is 0 Å². The summed E-state index contributed by atoms with van der Waals surface area (Å²) in [4.78, 5) is 15.4. The highest BCUT2D eigenvalue weighted by molar-refractivity contribution is 7.09. The van der Waals surface area contributed by atoms with Crippen LogP contribution in [-0.2, 0) is 22.5 Å². The third kappa shape index (κ3) is 5.16. The van der Waals surface area contributed by atoms with Crippen molar-refractivity contribution in [2.24, 2.45) is 0 Å². The summed E-state index contributed by atoms with van der Waals surface area (Å²) in [6.45, 7) is 7.26. The molecule has 4 nitrogen and oxygen atoms in total. The largest absolute Gasteiger partial charge is 0.372 e. The number of thiophene rings is 1. The number of aryl methyl sites for hydroxylation is 2. The Morgan fingerprint density at radius 1 is 1.35 bits per heavy atom. The second kappa shape index (κ2) is 9.31. The first-order chi connectivity index (χ1) is 12.7. The molecule has 0 saturated carbocycles. The molecular formula is C21H29N2O2S+. The molecule has 5 heteroatoms. The summed E-state index contributed by atoms with van der Waals surface area (Å²) in [5, 5.41) is 5.26. The molecule has 1 fully saturated rings. The topological polar surface area (TPSA) is 42.8 Å². The highest BCUT2D eigenvalue weighted by Gasteiger charge is 2.24. The van der Waals surface area contributed by atoms with Gasteiger partial charge in [0.15, 0.2) is 6.54 Å². The van der Waals surface area contributed by atoms with Crippen LogP contribution < -0.4 is 10.2 Å². The molecule has 1 unspecified atom stereocenters. The number of nitrogens with one attached hydrogen (secondary N) is 2. The van der Waals surface area contributed by atoms with Crippen LogP contribution in [-0.4, -0.2) is 31.7 Å². The van der Waals surface area contributed by atoms with E-state index >= 15 is 0 Å². The van der Waals surface area contributed by atoms with Gasteiger partial charge in [-0.3, -0.25) is 4.79 Å². The predicted molar refractivity (Wildman–Crippen MR) is 107 cm³/mol. The van der Waals surface area contributed by atoms with E-state index in [9.17, 15) is 4.79 Å². The van der Waals surface area contributed by atoms with Crippen molar-refractivity contribution in [1.82, 2.24) is 0 Å².